The van der Waals surface area contributed by atoms with E-state index >= 15 is 0 Å². The van der Waals surface area contributed by atoms with Crippen molar-refractivity contribution in [2.45, 2.75) is 6.92 Å². The molecule has 1 aromatic carbocycles. The Balaban J connectivity index is 1.81. The monoisotopic (exact) mass is 413 g/mol. The first-order valence-corrected chi connectivity index (χ1v) is 9.99. The van der Waals surface area contributed by atoms with Crippen LogP contribution in [0.4, 0.5) is 5.82 Å². The van der Waals surface area contributed by atoms with Crippen molar-refractivity contribution >= 4 is 27.8 Å². The van der Waals surface area contributed by atoms with E-state index in [1.54, 1.807) is 27.1 Å². The van der Waals surface area contributed by atoms with Crippen LogP contribution >= 0.6 is 0 Å². The summed E-state index contributed by atoms with van der Waals surface area (Å²) in [6.07, 6.45) is 5.50. The predicted molar refractivity (Wildman–Crippen MR) is 123 cm³/mol. The zero-order chi connectivity index (χ0) is 21.9. The molecule has 156 valence electrons. The molecule has 0 saturated carbocycles. The minimum absolute atomic E-state index is 0.122. The summed E-state index contributed by atoms with van der Waals surface area (Å²) in [7, 11) is 7.56. The van der Waals surface area contributed by atoms with Gasteiger partial charge in [0, 0.05) is 51.5 Å². The highest BCUT2D eigenvalue weighted by Gasteiger charge is 2.19. The molecule has 0 aliphatic rings. The summed E-state index contributed by atoms with van der Waals surface area (Å²) < 4.78 is 5.09. The van der Waals surface area contributed by atoms with Gasteiger partial charge in [0.25, 0.3) is 0 Å². The summed E-state index contributed by atoms with van der Waals surface area (Å²) in [5.74, 6) is 0.901. The molecule has 4 aromatic heterocycles. The third-order valence-electron chi connectivity index (χ3n) is 5.65. The van der Waals surface area contributed by atoms with Crippen molar-refractivity contribution in [2.75, 3.05) is 19.0 Å². The first kappa shape index (κ1) is 19.0. The van der Waals surface area contributed by atoms with E-state index in [1.165, 1.54) is 0 Å². The lowest BCUT2D eigenvalue weighted by molar-refractivity contribution is 0.756. The smallest absolute Gasteiger partial charge is 0.333 e. The molecule has 0 N–H and O–H groups in total. The van der Waals surface area contributed by atoms with Gasteiger partial charge in [-0.2, -0.15) is 5.10 Å². The number of benzene rings is 1. The fourth-order valence-corrected chi connectivity index (χ4v) is 4.03. The van der Waals surface area contributed by atoms with Gasteiger partial charge in [-0.1, -0.05) is 6.07 Å². The standard InChI is InChI=1S/C23H23N7O/c1-14-20(13-28(4)26-14)30-22-17-10-15(16-7-9-21(25-11-16)27(2)3)6-8-18(17)24-12-19(22)29(5)23(30)31/h6-13H,1-5H3. The number of anilines is 1. The highest BCUT2D eigenvalue weighted by Crippen LogP contribution is 2.30. The van der Waals surface area contributed by atoms with Crippen LogP contribution in [0.1, 0.15) is 5.69 Å². The summed E-state index contributed by atoms with van der Waals surface area (Å²) in [4.78, 5) is 24.3. The Labute approximate surface area is 179 Å². The van der Waals surface area contributed by atoms with E-state index in [1.807, 2.05) is 63.6 Å². The number of fused-ring (bicyclic) bond motifs is 3. The second-order valence-electron chi connectivity index (χ2n) is 7.97. The maximum atomic E-state index is 13.2. The van der Waals surface area contributed by atoms with Crippen molar-refractivity contribution in [3.63, 3.8) is 0 Å². The molecule has 31 heavy (non-hydrogen) atoms. The number of pyridine rings is 2. The van der Waals surface area contributed by atoms with Gasteiger partial charge in [0.2, 0.25) is 0 Å². The molecule has 0 atom stereocenters. The van der Waals surface area contributed by atoms with Gasteiger partial charge >= 0.3 is 5.69 Å². The van der Waals surface area contributed by atoms with Gasteiger partial charge in [0.05, 0.1) is 34.1 Å². The molecule has 5 aromatic rings. The molecule has 0 aliphatic carbocycles. The Hall–Kier alpha value is -3.94. The van der Waals surface area contributed by atoms with Crippen LogP contribution in [0.5, 0.6) is 0 Å². The van der Waals surface area contributed by atoms with E-state index in [4.69, 9.17) is 0 Å². The number of imidazole rings is 1. The zero-order valence-corrected chi connectivity index (χ0v) is 18.2. The largest absolute Gasteiger partial charge is 0.363 e. The molecule has 8 heteroatoms. The molecular weight excluding hydrogens is 390 g/mol. The lowest BCUT2D eigenvalue weighted by Gasteiger charge is -2.12. The lowest BCUT2D eigenvalue weighted by Crippen LogP contribution is -2.21. The van der Waals surface area contributed by atoms with Crippen molar-refractivity contribution in [3.8, 4) is 16.8 Å². The molecular formula is C23H23N7O. The zero-order valence-electron chi connectivity index (χ0n) is 18.2. The Kier molecular flexibility index (Phi) is 4.18. The number of nitrogens with zero attached hydrogens (tertiary/aromatic N) is 7. The van der Waals surface area contributed by atoms with E-state index in [0.717, 1.165) is 50.3 Å². The molecule has 0 saturated heterocycles. The predicted octanol–water partition coefficient (Wildman–Crippen LogP) is 3.05. The van der Waals surface area contributed by atoms with Crippen molar-refractivity contribution < 1.29 is 0 Å². The highest BCUT2D eigenvalue weighted by molar-refractivity contribution is 6.04. The first-order valence-electron chi connectivity index (χ1n) is 9.99. The second kappa shape index (κ2) is 6.80. The van der Waals surface area contributed by atoms with Gasteiger partial charge in [0.1, 0.15) is 5.82 Å². The Morgan fingerprint density at radius 3 is 2.39 bits per heavy atom. The van der Waals surface area contributed by atoms with Gasteiger partial charge in [-0.3, -0.25) is 18.8 Å². The summed E-state index contributed by atoms with van der Waals surface area (Å²) >= 11 is 0. The summed E-state index contributed by atoms with van der Waals surface area (Å²) in [5, 5.41) is 5.34. The van der Waals surface area contributed by atoms with Crippen LogP contribution in [-0.4, -0.2) is 43.0 Å². The maximum absolute atomic E-state index is 13.2. The van der Waals surface area contributed by atoms with E-state index in [-0.39, 0.29) is 5.69 Å². The van der Waals surface area contributed by atoms with Crippen LogP contribution in [0.15, 0.2) is 53.7 Å². The Bertz CT molecular complexity index is 1500. The summed E-state index contributed by atoms with van der Waals surface area (Å²) in [6.45, 7) is 1.91. The van der Waals surface area contributed by atoms with Gasteiger partial charge in [-0.15, -0.1) is 0 Å². The molecule has 0 spiro atoms. The van der Waals surface area contributed by atoms with E-state index in [2.05, 4.69) is 27.2 Å². The van der Waals surface area contributed by atoms with Crippen molar-refractivity contribution in [3.05, 3.63) is 65.1 Å². The molecule has 0 bridgehead atoms. The number of hydrogen-bond donors (Lipinski definition) is 0. The number of hydrogen-bond acceptors (Lipinski definition) is 5. The fourth-order valence-electron chi connectivity index (χ4n) is 4.03. The van der Waals surface area contributed by atoms with E-state index in [9.17, 15) is 4.79 Å². The minimum atomic E-state index is -0.122. The maximum Gasteiger partial charge on any atom is 0.333 e. The second-order valence-corrected chi connectivity index (χ2v) is 7.97. The quantitative estimate of drug-likeness (QED) is 0.455. The highest BCUT2D eigenvalue weighted by atomic mass is 16.1. The van der Waals surface area contributed by atoms with Crippen LogP contribution < -0.4 is 10.6 Å². The first-order chi connectivity index (χ1) is 14.8. The SMILES string of the molecule is Cc1nn(C)cc1-n1c(=O)n(C)c2cnc3ccc(-c4ccc(N(C)C)nc4)cc3c21. The Morgan fingerprint density at radius 2 is 1.74 bits per heavy atom. The number of aromatic nitrogens is 6. The van der Waals surface area contributed by atoms with Crippen molar-refractivity contribution in [2.24, 2.45) is 14.1 Å². The molecule has 0 unspecified atom stereocenters. The molecule has 5 rings (SSSR count). The van der Waals surface area contributed by atoms with Crippen LogP contribution in [0.25, 0.3) is 38.8 Å². The van der Waals surface area contributed by atoms with Crippen LogP contribution in [0.2, 0.25) is 0 Å². The van der Waals surface area contributed by atoms with Gasteiger partial charge < -0.3 is 4.90 Å². The molecule has 0 fully saturated rings. The minimum Gasteiger partial charge on any atom is -0.363 e. The van der Waals surface area contributed by atoms with E-state index in [0.29, 0.717) is 0 Å². The summed E-state index contributed by atoms with van der Waals surface area (Å²) in [5.41, 5.74) is 5.90. The van der Waals surface area contributed by atoms with Crippen molar-refractivity contribution in [1.29, 1.82) is 0 Å². The van der Waals surface area contributed by atoms with Gasteiger partial charge in [-0.25, -0.2) is 9.78 Å². The van der Waals surface area contributed by atoms with Crippen LogP contribution in [-0.2, 0) is 14.1 Å². The molecule has 0 amide bonds. The third-order valence-corrected chi connectivity index (χ3v) is 5.65. The molecule has 4 heterocycles. The van der Waals surface area contributed by atoms with Crippen molar-refractivity contribution in [1.82, 2.24) is 28.9 Å². The Morgan fingerprint density at radius 1 is 0.968 bits per heavy atom. The summed E-state index contributed by atoms with van der Waals surface area (Å²) in [6, 6.07) is 10.2. The average Bonchev–Trinajstić information content (AvgIpc) is 3.22. The topological polar surface area (TPSA) is 73.8 Å². The average molecular weight is 413 g/mol. The number of rotatable bonds is 3. The number of aryl methyl sites for hydroxylation is 3. The lowest BCUT2D eigenvalue weighted by atomic mass is 10.0. The molecule has 0 aliphatic heterocycles. The van der Waals surface area contributed by atoms with Crippen LogP contribution in [0.3, 0.4) is 0 Å². The van der Waals surface area contributed by atoms with E-state index < -0.39 is 0 Å². The van der Waals surface area contributed by atoms with Gasteiger partial charge in [0.15, 0.2) is 0 Å². The van der Waals surface area contributed by atoms with Gasteiger partial charge in [-0.05, 0) is 36.8 Å². The molecule has 8 nitrogen and oxygen atoms in total. The fraction of sp³-hybridized carbons (Fsp3) is 0.217. The molecule has 0 radical (unpaired) electrons. The third kappa shape index (κ3) is 2.91. The van der Waals surface area contributed by atoms with Crippen LogP contribution in [0, 0.1) is 6.92 Å². The normalized spacial score (nSPS) is 11.5.